The van der Waals surface area contributed by atoms with Gasteiger partial charge < -0.3 is 20.3 Å². The highest BCUT2D eigenvalue weighted by Crippen LogP contribution is 2.15. The van der Waals surface area contributed by atoms with Gasteiger partial charge in [-0.05, 0) is 89.9 Å². The number of esters is 1. The molecule has 0 fully saturated rings. The Labute approximate surface area is 404 Å². The first-order chi connectivity index (χ1) is 32.0. The predicted molar refractivity (Wildman–Crippen MR) is 282 cm³/mol. The molecule has 0 heterocycles. The van der Waals surface area contributed by atoms with E-state index in [-0.39, 0.29) is 18.5 Å². The molecule has 0 aliphatic rings. The summed E-state index contributed by atoms with van der Waals surface area (Å²) < 4.78 is 5.47. The van der Waals surface area contributed by atoms with Crippen molar-refractivity contribution >= 4 is 11.9 Å². The third kappa shape index (κ3) is 51.1. The van der Waals surface area contributed by atoms with Crippen LogP contribution in [0.4, 0.5) is 0 Å². The second-order valence-corrected chi connectivity index (χ2v) is 19.3. The topological polar surface area (TPSA) is 95.9 Å². The van der Waals surface area contributed by atoms with Crippen LogP contribution < -0.4 is 5.32 Å². The molecule has 6 heteroatoms. The maximum Gasteiger partial charge on any atom is 0.305 e. The van der Waals surface area contributed by atoms with Gasteiger partial charge in [-0.2, -0.15) is 0 Å². The molecular formula is C59H109NO5. The molecule has 380 valence electrons. The lowest BCUT2D eigenvalue weighted by molar-refractivity contribution is -0.143. The fourth-order valence-corrected chi connectivity index (χ4v) is 8.42. The van der Waals surface area contributed by atoms with Crippen molar-refractivity contribution in [2.24, 2.45) is 0 Å². The summed E-state index contributed by atoms with van der Waals surface area (Å²) in [5.74, 6) is -0.0871. The largest absolute Gasteiger partial charge is 0.466 e. The Morgan fingerprint density at radius 3 is 1.22 bits per heavy atom. The SMILES string of the molecule is CCCCC/C=C\C/C=C\CCCCCCCC(=O)OCCCCCCCCCCC/C=C\CCCCCCCCCC(=O)NC(CO)C(O)/C=C/CCCCCCCCCCCCC. The fourth-order valence-electron chi connectivity index (χ4n) is 8.42. The number of ether oxygens (including phenoxy) is 1. The van der Waals surface area contributed by atoms with Gasteiger partial charge in [-0.1, -0.05) is 236 Å². The van der Waals surface area contributed by atoms with Crippen molar-refractivity contribution in [3.8, 4) is 0 Å². The van der Waals surface area contributed by atoms with E-state index in [0.717, 1.165) is 57.8 Å². The van der Waals surface area contributed by atoms with Crippen molar-refractivity contribution in [1.82, 2.24) is 5.32 Å². The lowest BCUT2D eigenvalue weighted by Crippen LogP contribution is -2.45. The van der Waals surface area contributed by atoms with E-state index < -0.39 is 12.1 Å². The first-order valence-corrected chi connectivity index (χ1v) is 28.4. The van der Waals surface area contributed by atoms with Gasteiger partial charge in [0.05, 0.1) is 25.4 Å². The number of aliphatic hydroxyl groups excluding tert-OH is 2. The monoisotopic (exact) mass is 912 g/mol. The van der Waals surface area contributed by atoms with Gasteiger partial charge in [0, 0.05) is 12.8 Å². The Morgan fingerprint density at radius 1 is 0.431 bits per heavy atom. The molecule has 0 saturated carbocycles. The Morgan fingerprint density at radius 2 is 0.769 bits per heavy atom. The predicted octanol–water partition coefficient (Wildman–Crippen LogP) is 17.4. The molecular weight excluding hydrogens is 803 g/mol. The summed E-state index contributed by atoms with van der Waals surface area (Å²) in [6.07, 6.45) is 68.4. The van der Waals surface area contributed by atoms with Crippen molar-refractivity contribution in [2.75, 3.05) is 13.2 Å². The fraction of sp³-hybridized carbons (Fsp3) is 0.831. The summed E-state index contributed by atoms with van der Waals surface area (Å²) >= 11 is 0. The highest BCUT2D eigenvalue weighted by Gasteiger charge is 2.18. The average molecular weight is 913 g/mol. The van der Waals surface area contributed by atoms with Crippen LogP contribution in [0.15, 0.2) is 48.6 Å². The van der Waals surface area contributed by atoms with Gasteiger partial charge in [0.2, 0.25) is 5.91 Å². The van der Waals surface area contributed by atoms with Crippen molar-refractivity contribution < 1.29 is 24.5 Å². The maximum atomic E-state index is 12.4. The first kappa shape index (κ1) is 62.8. The third-order valence-electron chi connectivity index (χ3n) is 12.8. The molecule has 3 N–H and O–H groups in total. The van der Waals surface area contributed by atoms with E-state index in [0.29, 0.717) is 19.4 Å². The van der Waals surface area contributed by atoms with E-state index in [1.165, 1.54) is 205 Å². The summed E-state index contributed by atoms with van der Waals surface area (Å²) in [5, 5.41) is 23.0. The Bertz CT molecular complexity index is 1100. The molecule has 0 bridgehead atoms. The standard InChI is InChI=1S/C59H109NO5/c1-3-5-7-9-11-13-15-17-24-29-33-37-41-45-49-53-59(64)65-54-50-46-42-38-34-30-26-23-21-19-18-20-22-25-28-32-36-40-44-48-52-58(63)60-56(55-61)57(62)51-47-43-39-35-31-27-16-14-12-10-8-6-4-2/h11,13,17-18,20,24,47,51,56-57,61-62H,3-10,12,14-16,19,21-23,25-46,48-50,52-55H2,1-2H3,(H,60,63)/b13-11-,20-18-,24-17-,51-47+. The van der Waals surface area contributed by atoms with Crippen LogP contribution in [0.1, 0.15) is 290 Å². The number of aliphatic hydroxyl groups is 2. The number of carbonyl (C=O) groups excluding carboxylic acids is 2. The highest BCUT2D eigenvalue weighted by molar-refractivity contribution is 5.76. The number of allylic oxidation sites excluding steroid dienone is 7. The Kier molecular flexibility index (Phi) is 52.6. The van der Waals surface area contributed by atoms with Crippen LogP contribution in [0.3, 0.4) is 0 Å². The van der Waals surface area contributed by atoms with Crippen molar-refractivity contribution in [3.63, 3.8) is 0 Å². The second-order valence-electron chi connectivity index (χ2n) is 19.3. The van der Waals surface area contributed by atoms with Crippen molar-refractivity contribution in [2.45, 2.75) is 302 Å². The molecule has 0 aromatic rings. The summed E-state index contributed by atoms with van der Waals surface area (Å²) in [5.41, 5.74) is 0. The molecule has 65 heavy (non-hydrogen) atoms. The molecule has 6 nitrogen and oxygen atoms in total. The first-order valence-electron chi connectivity index (χ1n) is 28.4. The molecule has 1 amide bonds. The van der Waals surface area contributed by atoms with Crippen LogP contribution in [-0.4, -0.2) is 47.4 Å². The Balaban J connectivity index is 3.46. The number of carbonyl (C=O) groups is 2. The summed E-state index contributed by atoms with van der Waals surface area (Å²) in [6.45, 7) is 4.85. The molecule has 0 saturated heterocycles. The number of rotatable bonds is 52. The molecule has 0 aromatic carbocycles. The van der Waals surface area contributed by atoms with Crippen LogP contribution in [0, 0.1) is 0 Å². The minimum atomic E-state index is -0.850. The number of unbranched alkanes of at least 4 members (excludes halogenated alkanes) is 35. The van der Waals surface area contributed by atoms with E-state index in [9.17, 15) is 19.8 Å². The van der Waals surface area contributed by atoms with Crippen LogP contribution in [0.2, 0.25) is 0 Å². The molecule has 0 aliphatic carbocycles. The van der Waals surface area contributed by atoms with Gasteiger partial charge in [0.25, 0.3) is 0 Å². The van der Waals surface area contributed by atoms with E-state index in [1.54, 1.807) is 6.08 Å². The molecule has 2 atom stereocenters. The number of amides is 1. The molecule has 2 unspecified atom stereocenters. The molecule has 0 aliphatic heterocycles. The summed E-state index contributed by atoms with van der Waals surface area (Å²) in [6, 6.07) is -0.634. The van der Waals surface area contributed by atoms with Crippen LogP contribution >= 0.6 is 0 Å². The minimum absolute atomic E-state index is 0.00915. The lowest BCUT2D eigenvalue weighted by atomic mass is 10.0. The zero-order chi connectivity index (χ0) is 47.2. The number of hydrogen-bond donors (Lipinski definition) is 3. The second kappa shape index (κ2) is 54.4. The van der Waals surface area contributed by atoms with Gasteiger partial charge in [-0.15, -0.1) is 0 Å². The molecule has 0 radical (unpaired) electrons. The zero-order valence-corrected chi connectivity index (χ0v) is 43.2. The highest BCUT2D eigenvalue weighted by atomic mass is 16.5. The van der Waals surface area contributed by atoms with Gasteiger partial charge in [-0.25, -0.2) is 0 Å². The summed E-state index contributed by atoms with van der Waals surface area (Å²) in [4.78, 5) is 24.5. The quantitative estimate of drug-likeness (QED) is 0.0321. The average Bonchev–Trinajstić information content (AvgIpc) is 3.31. The van der Waals surface area contributed by atoms with Crippen LogP contribution in [0.25, 0.3) is 0 Å². The van der Waals surface area contributed by atoms with Crippen LogP contribution in [0.5, 0.6) is 0 Å². The molecule has 0 spiro atoms. The van der Waals surface area contributed by atoms with Gasteiger partial charge in [-0.3, -0.25) is 9.59 Å². The lowest BCUT2D eigenvalue weighted by Gasteiger charge is -2.20. The van der Waals surface area contributed by atoms with E-state index in [2.05, 4.69) is 55.6 Å². The van der Waals surface area contributed by atoms with Crippen LogP contribution in [-0.2, 0) is 14.3 Å². The number of nitrogens with one attached hydrogen (secondary N) is 1. The van der Waals surface area contributed by atoms with E-state index in [1.807, 2.05) is 6.08 Å². The normalized spacial score (nSPS) is 13.0. The molecule has 0 rings (SSSR count). The zero-order valence-electron chi connectivity index (χ0n) is 43.2. The third-order valence-corrected chi connectivity index (χ3v) is 12.8. The van der Waals surface area contributed by atoms with Gasteiger partial charge in [0.1, 0.15) is 0 Å². The van der Waals surface area contributed by atoms with E-state index >= 15 is 0 Å². The minimum Gasteiger partial charge on any atom is -0.466 e. The molecule has 0 aromatic heterocycles. The van der Waals surface area contributed by atoms with Gasteiger partial charge >= 0.3 is 5.97 Å². The van der Waals surface area contributed by atoms with Gasteiger partial charge in [0.15, 0.2) is 0 Å². The maximum absolute atomic E-state index is 12.4. The Hall–Kier alpha value is -2.18. The van der Waals surface area contributed by atoms with Crippen molar-refractivity contribution in [3.05, 3.63) is 48.6 Å². The smallest absolute Gasteiger partial charge is 0.305 e. The summed E-state index contributed by atoms with van der Waals surface area (Å²) in [7, 11) is 0. The van der Waals surface area contributed by atoms with Crippen molar-refractivity contribution in [1.29, 1.82) is 0 Å². The van der Waals surface area contributed by atoms with E-state index in [4.69, 9.17) is 4.74 Å². The number of hydrogen-bond acceptors (Lipinski definition) is 5.